The lowest BCUT2D eigenvalue weighted by atomic mass is 9.99. The highest BCUT2D eigenvalue weighted by Gasteiger charge is 2.33. The van der Waals surface area contributed by atoms with E-state index in [2.05, 4.69) is 58.5 Å². The van der Waals surface area contributed by atoms with E-state index in [1.807, 2.05) is 33.8 Å². The Balaban J connectivity index is 1.42. The Hall–Kier alpha value is -6.03. The van der Waals surface area contributed by atoms with E-state index in [4.69, 9.17) is 29.9 Å². The second-order valence-corrected chi connectivity index (χ2v) is 27.0. The summed E-state index contributed by atoms with van der Waals surface area (Å²) in [5.41, 5.74) is 4.72. The van der Waals surface area contributed by atoms with Crippen LogP contribution in [0.15, 0.2) is 75.4 Å². The van der Waals surface area contributed by atoms with Crippen LogP contribution in [0.1, 0.15) is 142 Å². The van der Waals surface area contributed by atoms with E-state index in [9.17, 15) is 25.3 Å². The van der Waals surface area contributed by atoms with E-state index in [1.54, 1.807) is 42.5 Å². The van der Waals surface area contributed by atoms with Gasteiger partial charge in [-0.05, 0) is 92.8 Å². The number of aryl methyl sites for hydroxylation is 2. The zero-order valence-corrected chi connectivity index (χ0v) is 50.0. The SMILES string of the molecule is CCCCCS(=O)(=O)c1cccc2c1-c1nc-2nc2[nH]c(nc3nc(nc4[nH]c(n1)c1c(C)ccc(CNCC(CC)CCCC)c41)-c1cccc(S(=O)(=O)NCC(CC)CCCC)c1-3)c1c(C)ccc(S(=O)(=O)NCCCC)c21. The molecule has 4 aromatic carbocycles. The molecule has 2 aliphatic rings. The molecule has 5 N–H and O–H groups in total. The lowest BCUT2D eigenvalue weighted by Crippen LogP contribution is -2.29. The number of aromatic nitrogens is 8. The zero-order chi connectivity index (χ0) is 56.9. The van der Waals surface area contributed by atoms with Crippen molar-refractivity contribution in [2.75, 3.05) is 25.4 Å². The minimum Gasteiger partial charge on any atom is -0.324 e. The lowest BCUT2D eigenvalue weighted by molar-refractivity contribution is 0.419. The molecule has 5 heterocycles. The first-order valence-corrected chi connectivity index (χ1v) is 33.4. The van der Waals surface area contributed by atoms with Gasteiger partial charge in [0.25, 0.3) is 0 Å². The Bertz CT molecular complexity index is 3970. The fraction of sp³-hybridized carbons (Fsp3) is 0.467. The molecule has 0 fully saturated rings. The summed E-state index contributed by atoms with van der Waals surface area (Å²) < 4.78 is 93.4. The number of sulfone groups is 1. The van der Waals surface area contributed by atoms with Crippen LogP contribution >= 0.6 is 0 Å². The molecule has 20 heteroatoms. The molecule has 0 aliphatic carbocycles. The van der Waals surface area contributed by atoms with Gasteiger partial charge < -0.3 is 15.3 Å². The average molecular weight is 1140 g/mol. The molecule has 9 rings (SSSR count). The van der Waals surface area contributed by atoms with Crippen molar-refractivity contribution in [1.82, 2.24) is 54.6 Å². The highest BCUT2D eigenvalue weighted by atomic mass is 32.2. The third-order valence-corrected chi connectivity index (χ3v) is 20.5. The molecular weight excluding hydrogens is 1070 g/mol. The number of aromatic amines is 2. The standard InChI is InChI=1S/C60H77N11O6S3/c1-9-15-19-33-78(72,73)44-26-20-24-42-50(44)58-65-53(42)67-60-52-46(79(74,75)62-32-18-12-4)31-29-38(8)48(52)56(71-60)70-59-51-43(25-21-27-45(51)80(76,77)63-35-40(14-6)23-17-11-3)54(66-59)64-57-49-41(36-61-34-39(13-5)22-16-10-2)30-28-37(7)47(49)55(68-57)69-58/h20-21,24-31,39-40,61-63H,9-19,22-23,32-36H2,1-8H3,(H2,64,65,66,67,68,69,70,71). The Kier molecular flexibility index (Phi) is 18.3. The maximum absolute atomic E-state index is 14.8. The molecule has 0 saturated heterocycles. The first-order chi connectivity index (χ1) is 38.5. The number of sulfonamides is 2. The molecule has 17 nitrogen and oxygen atoms in total. The average Bonchev–Trinajstić information content (AvgIpc) is 4.37. The molecule has 3 aromatic heterocycles. The number of fused-ring (bicyclic) bond motifs is 20. The molecule has 0 saturated carbocycles. The van der Waals surface area contributed by atoms with E-state index in [-0.39, 0.29) is 90.6 Å². The fourth-order valence-corrected chi connectivity index (χ4v) is 15.2. The molecule has 7 aromatic rings. The van der Waals surface area contributed by atoms with Crippen LogP contribution in [-0.2, 0) is 36.4 Å². The molecule has 2 atom stereocenters. The van der Waals surface area contributed by atoms with E-state index >= 15 is 0 Å². The van der Waals surface area contributed by atoms with Crippen LogP contribution in [0.4, 0.5) is 0 Å². The number of unbranched alkanes of at least 4 members (excludes halogenated alkanes) is 5. The third-order valence-electron chi connectivity index (χ3n) is 15.7. The van der Waals surface area contributed by atoms with Crippen LogP contribution in [0, 0.1) is 25.7 Å². The quantitative estimate of drug-likeness (QED) is 0.0317. The Morgan fingerprint density at radius 2 is 0.975 bits per heavy atom. The molecule has 0 radical (unpaired) electrons. The maximum Gasteiger partial charge on any atom is 0.241 e. The van der Waals surface area contributed by atoms with Gasteiger partial charge in [0.05, 0.1) is 26.0 Å². The summed E-state index contributed by atoms with van der Waals surface area (Å²) in [4.78, 5) is 38.0. The summed E-state index contributed by atoms with van der Waals surface area (Å²) in [6.45, 7) is 18.2. The summed E-state index contributed by atoms with van der Waals surface area (Å²) in [6.07, 6.45) is 11.5. The van der Waals surface area contributed by atoms with Crippen molar-refractivity contribution in [1.29, 1.82) is 0 Å². The normalized spacial score (nSPS) is 13.5. The summed E-state index contributed by atoms with van der Waals surface area (Å²) in [5.74, 6) is 0.918. The molecule has 80 heavy (non-hydrogen) atoms. The van der Waals surface area contributed by atoms with Crippen molar-refractivity contribution >= 4 is 74.0 Å². The molecule has 2 unspecified atom stereocenters. The number of hydrogen-bond donors (Lipinski definition) is 5. The smallest absolute Gasteiger partial charge is 0.241 e. The van der Waals surface area contributed by atoms with Crippen LogP contribution in [0.3, 0.4) is 0 Å². The summed E-state index contributed by atoms with van der Waals surface area (Å²) in [7, 11) is -12.3. The molecule has 2 aliphatic heterocycles. The second kappa shape index (κ2) is 25.0. The number of hydrogen-bond acceptors (Lipinski definition) is 13. The zero-order valence-electron chi connectivity index (χ0n) is 47.5. The number of H-pyrrole nitrogens is 2. The van der Waals surface area contributed by atoms with Crippen LogP contribution in [0.25, 0.3) is 89.7 Å². The first kappa shape index (κ1) is 58.6. The van der Waals surface area contributed by atoms with Gasteiger partial charge in [-0.1, -0.05) is 142 Å². The van der Waals surface area contributed by atoms with Crippen LogP contribution < -0.4 is 14.8 Å². The number of rotatable bonds is 26. The van der Waals surface area contributed by atoms with E-state index < -0.39 is 29.9 Å². The van der Waals surface area contributed by atoms with E-state index in [0.717, 1.165) is 99.1 Å². The van der Waals surface area contributed by atoms with Gasteiger partial charge in [0, 0.05) is 57.9 Å². The molecule has 8 bridgehead atoms. The topological polar surface area (TPSA) is 247 Å². The Morgan fingerprint density at radius 1 is 0.475 bits per heavy atom. The summed E-state index contributed by atoms with van der Waals surface area (Å²) in [6, 6.07) is 17.4. The lowest BCUT2D eigenvalue weighted by Gasteiger charge is -2.16. The predicted molar refractivity (Wildman–Crippen MR) is 321 cm³/mol. The van der Waals surface area contributed by atoms with Crippen molar-refractivity contribution in [3.05, 3.63) is 77.4 Å². The van der Waals surface area contributed by atoms with Crippen LogP contribution in [0.5, 0.6) is 0 Å². The highest BCUT2D eigenvalue weighted by molar-refractivity contribution is 7.91. The largest absolute Gasteiger partial charge is 0.324 e. The summed E-state index contributed by atoms with van der Waals surface area (Å²) in [5, 5.41) is 5.82. The van der Waals surface area contributed by atoms with Crippen molar-refractivity contribution in [3.8, 4) is 45.6 Å². The summed E-state index contributed by atoms with van der Waals surface area (Å²) >= 11 is 0. The highest BCUT2D eigenvalue weighted by Crippen LogP contribution is 2.43. The maximum atomic E-state index is 14.8. The fourth-order valence-electron chi connectivity index (χ4n) is 11.0. The van der Waals surface area contributed by atoms with Crippen LogP contribution in [-0.4, -0.2) is 90.5 Å². The van der Waals surface area contributed by atoms with Gasteiger partial charge in [0.2, 0.25) is 20.0 Å². The first-order valence-electron chi connectivity index (χ1n) is 28.8. The number of benzene rings is 4. The van der Waals surface area contributed by atoms with Crippen molar-refractivity contribution in [3.63, 3.8) is 0 Å². The van der Waals surface area contributed by atoms with E-state index in [0.29, 0.717) is 58.7 Å². The minimum atomic E-state index is -4.20. The molecule has 0 amide bonds. The Morgan fingerprint density at radius 3 is 1.56 bits per heavy atom. The second-order valence-electron chi connectivity index (χ2n) is 21.5. The van der Waals surface area contributed by atoms with Gasteiger partial charge in [0.15, 0.2) is 33.1 Å². The van der Waals surface area contributed by atoms with Crippen molar-refractivity contribution < 1.29 is 25.3 Å². The van der Waals surface area contributed by atoms with Gasteiger partial charge in [-0.25, -0.2) is 64.6 Å². The van der Waals surface area contributed by atoms with E-state index in [1.165, 1.54) is 6.07 Å². The third kappa shape index (κ3) is 12.0. The molecule has 426 valence electrons. The van der Waals surface area contributed by atoms with Crippen molar-refractivity contribution in [2.24, 2.45) is 11.8 Å². The number of nitrogens with zero attached hydrogens (tertiary/aromatic N) is 6. The van der Waals surface area contributed by atoms with Gasteiger partial charge in [-0.2, -0.15) is 0 Å². The van der Waals surface area contributed by atoms with Gasteiger partial charge >= 0.3 is 0 Å². The van der Waals surface area contributed by atoms with Crippen molar-refractivity contribution in [2.45, 2.75) is 160 Å². The predicted octanol–water partition coefficient (Wildman–Crippen LogP) is 12.3. The van der Waals surface area contributed by atoms with Gasteiger partial charge in [-0.3, -0.25) is 0 Å². The number of nitrogens with one attached hydrogen (secondary N) is 5. The molecular formula is C60H77N11O6S3. The molecule has 0 spiro atoms. The van der Waals surface area contributed by atoms with Crippen LogP contribution in [0.2, 0.25) is 0 Å². The monoisotopic (exact) mass is 1140 g/mol. The Labute approximate surface area is 471 Å². The van der Waals surface area contributed by atoms with Gasteiger partial charge in [0.1, 0.15) is 22.6 Å². The minimum absolute atomic E-state index is 0.0295. The van der Waals surface area contributed by atoms with Gasteiger partial charge in [-0.15, -0.1) is 0 Å².